The van der Waals surface area contributed by atoms with Gasteiger partial charge in [0.15, 0.2) is 0 Å². The van der Waals surface area contributed by atoms with Crippen LogP contribution in [-0.4, -0.2) is 22.0 Å². The third-order valence-electron chi connectivity index (χ3n) is 2.68. The van der Waals surface area contributed by atoms with Gasteiger partial charge in [-0.25, -0.2) is 0 Å². The molecule has 16 heavy (non-hydrogen) atoms. The maximum Gasteiger partial charge on any atom is 0.307 e. The van der Waals surface area contributed by atoms with Crippen LogP contribution < -0.4 is 5.32 Å². The molecule has 5 heteroatoms. The monoisotopic (exact) mass is 224 g/mol. The molecule has 0 aromatic carbocycles. The van der Waals surface area contributed by atoms with E-state index >= 15 is 0 Å². The lowest BCUT2D eigenvalue weighted by atomic mass is 9.95. The Morgan fingerprint density at radius 3 is 2.62 bits per heavy atom. The number of amides is 1. The van der Waals surface area contributed by atoms with Crippen molar-refractivity contribution in [1.29, 1.82) is 0 Å². The van der Waals surface area contributed by atoms with Gasteiger partial charge in [-0.15, -0.1) is 0 Å². The lowest BCUT2D eigenvalue weighted by Crippen LogP contribution is -2.34. The predicted molar refractivity (Wildman–Crippen MR) is 58.6 cm³/mol. The lowest BCUT2D eigenvalue weighted by Gasteiger charge is -2.15. The minimum Gasteiger partial charge on any atom is -0.481 e. The molecule has 2 unspecified atom stereocenters. The van der Waals surface area contributed by atoms with Crippen molar-refractivity contribution in [2.24, 2.45) is 11.8 Å². The highest BCUT2D eigenvalue weighted by Gasteiger charge is 2.25. The zero-order chi connectivity index (χ0) is 12.1. The predicted octanol–water partition coefficient (Wildman–Crippen LogP) is 0.988. The molecule has 2 atom stereocenters. The van der Waals surface area contributed by atoms with Gasteiger partial charge in [0.1, 0.15) is 0 Å². The number of carboxylic acids is 1. The summed E-state index contributed by atoms with van der Waals surface area (Å²) in [4.78, 5) is 25.2. The van der Waals surface area contributed by atoms with Crippen LogP contribution >= 0.6 is 0 Å². The molecular formula is C11H16N2O3. The van der Waals surface area contributed by atoms with Gasteiger partial charge in [-0.1, -0.05) is 13.8 Å². The van der Waals surface area contributed by atoms with Gasteiger partial charge in [-0.05, 0) is 11.6 Å². The molecule has 3 N–H and O–H groups in total. The second-order valence-electron chi connectivity index (χ2n) is 3.85. The minimum atomic E-state index is -0.954. The van der Waals surface area contributed by atoms with Crippen molar-refractivity contribution in [2.75, 3.05) is 0 Å². The fraction of sp³-hybridized carbons (Fsp3) is 0.455. The molecule has 1 heterocycles. The first-order valence-electron chi connectivity index (χ1n) is 5.14. The summed E-state index contributed by atoms with van der Waals surface area (Å²) >= 11 is 0. The van der Waals surface area contributed by atoms with Crippen LogP contribution in [0.3, 0.4) is 0 Å². The number of rotatable bonds is 5. The Kier molecular flexibility index (Phi) is 4.10. The first-order chi connectivity index (χ1) is 7.52. The van der Waals surface area contributed by atoms with Gasteiger partial charge in [0.2, 0.25) is 5.91 Å². The standard InChI is InChI=1S/C11H16N2O3/c1-7(8(2)11(15)16)10(14)13-6-9-3-4-12-5-9/h3-5,7-8,12H,6H2,1-2H3,(H,13,14)(H,15,16). The SMILES string of the molecule is CC(C(=O)O)C(C)C(=O)NCc1cc[nH]c1. The van der Waals surface area contributed by atoms with E-state index in [0.717, 1.165) is 5.56 Å². The van der Waals surface area contributed by atoms with Crippen LogP contribution in [0.1, 0.15) is 19.4 Å². The molecule has 1 rings (SSSR count). The van der Waals surface area contributed by atoms with E-state index in [1.54, 1.807) is 19.3 Å². The van der Waals surface area contributed by atoms with E-state index in [-0.39, 0.29) is 5.91 Å². The summed E-state index contributed by atoms with van der Waals surface area (Å²) in [5.41, 5.74) is 0.962. The summed E-state index contributed by atoms with van der Waals surface area (Å²) in [6, 6.07) is 1.85. The van der Waals surface area contributed by atoms with Gasteiger partial charge in [-0.3, -0.25) is 9.59 Å². The highest BCUT2D eigenvalue weighted by molar-refractivity contribution is 5.84. The van der Waals surface area contributed by atoms with E-state index in [0.29, 0.717) is 6.54 Å². The van der Waals surface area contributed by atoms with Crippen molar-refractivity contribution in [1.82, 2.24) is 10.3 Å². The second-order valence-corrected chi connectivity index (χ2v) is 3.85. The molecule has 0 spiro atoms. The number of H-pyrrole nitrogens is 1. The van der Waals surface area contributed by atoms with E-state index in [4.69, 9.17) is 5.11 Å². The van der Waals surface area contributed by atoms with E-state index in [1.807, 2.05) is 6.07 Å². The van der Waals surface area contributed by atoms with Crippen LogP contribution in [0.5, 0.6) is 0 Å². The smallest absolute Gasteiger partial charge is 0.307 e. The number of nitrogens with one attached hydrogen (secondary N) is 2. The van der Waals surface area contributed by atoms with Crippen LogP contribution in [0.4, 0.5) is 0 Å². The normalized spacial score (nSPS) is 14.1. The van der Waals surface area contributed by atoms with Crippen LogP contribution in [0, 0.1) is 11.8 Å². The first-order valence-corrected chi connectivity index (χ1v) is 5.14. The number of carbonyl (C=O) groups excluding carboxylic acids is 1. The van der Waals surface area contributed by atoms with Gasteiger partial charge in [0.25, 0.3) is 0 Å². The van der Waals surface area contributed by atoms with E-state index in [2.05, 4.69) is 10.3 Å². The number of hydrogen-bond donors (Lipinski definition) is 3. The summed E-state index contributed by atoms with van der Waals surface area (Å²) in [6.07, 6.45) is 3.55. The van der Waals surface area contributed by atoms with Gasteiger partial charge < -0.3 is 15.4 Å². The Balaban J connectivity index is 2.43. The largest absolute Gasteiger partial charge is 0.481 e. The topological polar surface area (TPSA) is 82.2 Å². The molecule has 5 nitrogen and oxygen atoms in total. The molecule has 0 aliphatic heterocycles. The zero-order valence-electron chi connectivity index (χ0n) is 9.36. The van der Waals surface area contributed by atoms with Crippen molar-refractivity contribution in [3.63, 3.8) is 0 Å². The maximum absolute atomic E-state index is 11.6. The van der Waals surface area contributed by atoms with Crippen LogP contribution in [0.25, 0.3) is 0 Å². The van der Waals surface area contributed by atoms with E-state index in [9.17, 15) is 9.59 Å². The van der Waals surface area contributed by atoms with Gasteiger partial charge in [0.05, 0.1) is 5.92 Å². The third-order valence-corrected chi connectivity index (χ3v) is 2.68. The highest BCUT2D eigenvalue weighted by atomic mass is 16.4. The summed E-state index contributed by atoms with van der Waals surface area (Å²) in [5, 5.41) is 11.5. The molecular weight excluding hydrogens is 208 g/mol. The summed E-state index contributed by atoms with van der Waals surface area (Å²) < 4.78 is 0. The van der Waals surface area contributed by atoms with Crippen molar-refractivity contribution >= 4 is 11.9 Å². The second kappa shape index (κ2) is 5.34. The summed E-state index contributed by atoms with van der Waals surface area (Å²) in [5.74, 6) is -2.40. The molecule has 88 valence electrons. The van der Waals surface area contributed by atoms with Gasteiger partial charge in [-0.2, -0.15) is 0 Å². The van der Waals surface area contributed by atoms with Crippen LogP contribution in [-0.2, 0) is 16.1 Å². The number of carbonyl (C=O) groups is 2. The molecule has 0 fully saturated rings. The van der Waals surface area contributed by atoms with Gasteiger partial charge >= 0.3 is 5.97 Å². The van der Waals surface area contributed by atoms with Crippen molar-refractivity contribution < 1.29 is 14.7 Å². The number of carboxylic acid groups (broad SMARTS) is 1. The average molecular weight is 224 g/mol. The van der Waals surface area contributed by atoms with Crippen molar-refractivity contribution in [3.8, 4) is 0 Å². The number of aromatic nitrogens is 1. The van der Waals surface area contributed by atoms with Crippen molar-refractivity contribution in [3.05, 3.63) is 24.0 Å². The number of aromatic amines is 1. The van der Waals surface area contributed by atoms with Gasteiger partial charge in [0, 0.05) is 24.9 Å². The zero-order valence-corrected chi connectivity index (χ0v) is 9.36. The third kappa shape index (κ3) is 3.12. The van der Waals surface area contributed by atoms with E-state index in [1.165, 1.54) is 6.92 Å². The molecule has 0 aliphatic rings. The van der Waals surface area contributed by atoms with Crippen LogP contribution in [0.2, 0.25) is 0 Å². The summed E-state index contributed by atoms with van der Waals surface area (Å²) in [6.45, 7) is 3.56. The molecule has 0 bridgehead atoms. The van der Waals surface area contributed by atoms with E-state index < -0.39 is 17.8 Å². The molecule has 0 saturated carbocycles. The quantitative estimate of drug-likeness (QED) is 0.697. The highest BCUT2D eigenvalue weighted by Crippen LogP contribution is 2.11. The lowest BCUT2D eigenvalue weighted by molar-refractivity contribution is -0.146. The minimum absolute atomic E-state index is 0.240. The Morgan fingerprint density at radius 1 is 1.44 bits per heavy atom. The molecule has 1 amide bonds. The molecule has 1 aromatic rings. The first kappa shape index (κ1) is 12.3. The molecule has 1 aromatic heterocycles. The Labute approximate surface area is 93.9 Å². The Bertz CT molecular complexity index is 359. The summed E-state index contributed by atoms with van der Waals surface area (Å²) in [7, 11) is 0. The Morgan fingerprint density at radius 2 is 2.12 bits per heavy atom. The molecule has 0 saturated heterocycles. The number of hydrogen-bond acceptors (Lipinski definition) is 2. The van der Waals surface area contributed by atoms with Crippen molar-refractivity contribution in [2.45, 2.75) is 20.4 Å². The number of aliphatic carboxylic acids is 1. The van der Waals surface area contributed by atoms with Crippen LogP contribution in [0.15, 0.2) is 18.5 Å². The molecule has 0 radical (unpaired) electrons. The maximum atomic E-state index is 11.6. The fourth-order valence-corrected chi connectivity index (χ4v) is 1.26. The molecule has 0 aliphatic carbocycles. The fourth-order valence-electron chi connectivity index (χ4n) is 1.26. The average Bonchev–Trinajstić information content (AvgIpc) is 2.76. The Hall–Kier alpha value is -1.78.